The fourth-order valence-corrected chi connectivity index (χ4v) is 2.13. The molecule has 3 heteroatoms. The summed E-state index contributed by atoms with van der Waals surface area (Å²) < 4.78 is 5.57. The fourth-order valence-electron chi connectivity index (χ4n) is 0.318. The maximum absolute atomic E-state index is 10.3. The van der Waals surface area contributed by atoms with Crippen molar-refractivity contribution in [2.24, 2.45) is 0 Å². The molecule has 0 bridgehead atoms. The van der Waals surface area contributed by atoms with Crippen molar-refractivity contribution in [1.29, 1.82) is 0 Å². The minimum atomic E-state index is -1.80. The summed E-state index contributed by atoms with van der Waals surface area (Å²) in [6.07, 6.45) is 0. The van der Waals surface area contributed by atoms with Crippen LogP contribution in [0, 0.1) is 0 Å². The Morgan fingerprint density at radius 2 is 1.89 bits per heavy atom. The second-order valence-corrected chi connectivity index (χ2v) is 18.8. The summed E-state index contributed by atoms with van der Waals surface area (Å²) in [5.41, 5.74) is 0. The molecule has 0 saturated heterocycles. The van der Waals surface area contributed by atoms with Gasteiger partial charge in [0.2, 0.25) is 0 Å². The van der Waals surface area contributed by atoms with E-state index in [4.69, 9.17) is 4.74 Å². The van der Waals surface area contributed by atoms with E-state index in [1.54, 1.807) is 0 Å². The number of carbonyl (C=O) groups excluding carboxylic acids is 1. The quantitative estimate of drug-likeness (QED) is 0.536. The molecular formula is C6H14O2Sn. The number of carbonyl (C=O) groups is 1. The Kier molecular flexibility index (Phi) is 3.54. The monoisotopic (exact) mass is 238 g/mol. The van der Waals surface area contributed by atoms with Gasteiger partial charge in [0.25, 0.3) is 0 Å². The van der Waals surface area contributed by atoms with E-state index in [9.17, 15) is 4.79 Å². The molecule has 0 spiro atoms. The van der Waals surface area contributed by atoms with Crippen molar-refractivity contribution in [2.45, 2.75) is 21.7 Å². The van der Waals surface area contributed by atoms with Crippen LogP contribution in [0.15, 0.2) is 0 Å². The molecule has 0 saturated carbocycles. The average Bonchev–Trinajstić information content (AvgIpc) is 1.59. The Labute approximate surface area is 60.5 Å². The van der Waals surface area contributed by atoms with Crippen molar-refractivity contribution in [3.8, 4) is 0 Å². The van der Waals surface area contributed by atoms with Crippen molar-refractivity contribution in [1.82, 2.24) is 0 Å². The first kappa shape index (κ1) is 9.27. The molecule has 0 atom stereocenters. The van der Waals surface area contributed by atoms with Gasteiger partial charge in [-0.25, -0.2) is 0 Å². The van der Waals surface area contributed by atoms with Crippen LogP contribution in [0.2, 0.25) is 14.8 Å². The molecule has 0 rings (SSSR count). The normalized spacial score (nSPS) is 11.1. The standard InChI is InChI=1S/C3H5O2.3CH3.Sn/c1-3(4)5-2;;;;/h2H2,1H3;3*1H3;. The van der Waals surface area contributed by atoms with Crippen molar-refractivity contribution >= 4 is 24.3 Å². The van der Waals surface area contributed by atoms with Gasteiger partial charge in [-0.2, -0.15) is 0 Å². The van der Waals surface area contributed by atoms with E-state index < -0.39 is 18.4 Å². The van der Waals surface area contributed by atoms with Gasteiger partial charge in [-0.1, -0.05) is 0 Å². The Hall–Kier alpha value is 0.269. The zero-order chi connectivity index (χ0) is 7.49. The molecule has 54 valence electrons. The first-order chi connectivity index (χ1) is 3.92. The Morgan fingerprint density at radius 1 is 1.44 bits per heavy atom. The van der Waals surface area contributed by atoms with E-state index in [1.807, 2.05) is 0 Å². The van der Waals surface area contributed by atoms with Gasteiger partial charge in [-0.05, 0) is 0 Å². The summed E-state index contributed by atoms with van der Waals surface area (Å²) in [6, 6.07) is 0. The molecule has 9 heavy (non-hydrogen) atoms. The molecular weight excluding hydrogens is 223 g/mol. The zero-order valence-electron chi connectivity index (χ0n) is 6.52. The topological polar surface area (TPSA) is 26.3 Å². The van der Waals surface area contributed by atoms with Gasteiger partial charge in [-0.15, -0.1) is 0 Å². The van der Waals surface area contributed by atoms with Gasteiger partial charge >= 0.3 is 60.2 Å². The summed E-state index contributed by atoms with van der Waals surface area (Å²) in [7, 11) is 0. The van der Waals surface area contributed by atoms with Crippen molar-refractivity contribution in [2.75, 3.05) is 4.62 Å². The maximum atomic E-state index is 10.3. The van der Waals surface area contributed by atoms with Gasteiger partial charge < -0.3 is 0 Å². The number of rotatable bonds is 2. The third kappa shape index (κ3) is 8.27. The summed E-state index contributed by atoms with van der Waals surface area (Å²) in [5, 5.41) is 0. The van der Waals surface area contributed by atoms with Gasteiger partial charge in [0.1, 0.15) is 0 Å². The molecule has 0 N–H and O–H groups in total. The molecule has 0 radical (unpaired) electrons. The van der Waals surface area contributed by atoms with E-state index in [0.717, 1.165) is 0 Å². The molecule has 0 unspecified atom stereocenters. The summed E-state index contributed by atoms with van der Waals surface area (Å²) in [4.78, 5) is 17.0. The minimum absolute atomic E-state index is 0.151. The third-order valence-electron chi connectivity index (χ3n) is 0.708. The van der Waals surface area contributed by atoms with Crippen molar-refractivity contribution in [3.63, 3.8) is 0 Å². The summed E-state index contributed by atoms with van der Waals surface area (Å²) in [6.45, 7) is 1.46. The van der Waals surface area contributed by atoms with E-state index in [2.05, 4.69) is 14.8 Å². The van der Waals surface area contributed by atoms with Crippen LogP contribution >= 0.6 is 0 Å². The number of ether oxygens (including phenoxy) is 1. The first-order valence-corrected chi connectivity index (χ1v) is 13.6. The molecule has 0 aromatic carbocycles. The van der Waals surface area contributed by atoms with Gasteiger partial charge in [-0.3, -0.25) is 0 Å². The molecule has 0 aliphatic heterocycles. The van der Waals surface area contributed by atoms with Crippen LogP contribution in [0.25, 0.3) is 0 Å². The van der Waals surface area contributed by atoms with Crippen LogP contribution in [0.4, 0.5) is 0 Å². The van der Waals surface area contributed by atoms with E-state index in [1.165, 1.54) is 6.92 Å². The molecule has 0 amide bonds. The molecule has 0 aliphatic carbocycles. The Balaban J connectivity index is 3.39. The van der Waals surface area contributed by atoms with Crippen LogP contribution in [0.5, 0.6) is 0 Å². The molecule has 0 aromatic heterocycles. The fraction of sp³-hybridized carbons (Fsp3) is 0.833. The van der Waals surface area contributed by atoms with Gasteiger partial charge in [0.15, 0.2) is 0 Å². The predicted molar refractivity (Wildman–Crippen MR) is 40.0 cm³/mol. The first-order valence-electron chi connectivity index (χ1n) is 3.05. The van der Waals surface area contributed by atoms with Crippen LogP contribution in [0.1, 0.15) is 6.92 Å². The summed E-state index contributed by atoms with van der Waals surface area (Å²) >= 11 is -1.80. The number of hydrogen-bond donors (Lipinski definition) is 0. The van der Waals surface area contributed by atoms with Crippen molar-refractivity contribution in [3.05, 3.63) is 0 Å². The van der Waals surface area contributed by atoms with E-state index >= 15 is 0 Å². The Bertz CT molecular complexity index is 104. The SMILES string of the molecule is CC(=O)O[CH2][Sn]([CH3])([CH3])[CH3]. The second-order valence-electron chi connectivity index (χ2n) is 3.34. The van der Waals surface area contributed by atoms with Crippen LogP contribution in [-0.4, -0.2) is 29.0 Å². The van der Waals surface area contributed by atoms with Crippen molar-refractivity contribution < 1.29 is 9.53 Å². The van der Waals surface area contributed by atoms with Gasteiger partial charge in [0.05, 0.1) is 0 Å². The predicted octanol–water partition coefficient (Wildman–Crippen LogP) is 1.43. The number of esters is 1. The van der Waals surface area contributed by atoms with E-state index in [-0.39, 0.29) is 5.97 Å². The molecule has 0 aromatic rings. The van der Waals surface area contributed by atoms with E-state index in [0.29, 0.717) is 4.62 Å². The van der Waals surface area contributed by atoms with Crippen LogP contribution < -0.4 is 0 Å². The average molecular weight is 237 g/mol. The van der Waals surface area contributed by atoms with Crippen LogP contribution in [-0.2, 0) is 9.53 Å². The Morgan fingerprint density at radius 3 is 2.00 bits per heavy atom. The molecule has 0 aliphatic rings. The van der Waals surface area contributed by atoms with Gasteiger partial charge in [0, 0.05) is 0 Å². The van der Waals surface area contributed by atoms with Crippen LogP contribution in [0.3, 0.4) is 0 Å². The summed E-state index contributed by atoms with van der Waals surface area (Å²) in [5.74, 6) is -0.151. The second kappa shape index (κ2) is 3.44. The molecule has 2 nitrogen and oxygen atoms in total. The number of hydrogen-bond acceptors (Lipinski definition) is 2. The zero-order valence-corrected chi connectivity index (χ0v) is 9.38. The molecule has 0 fully saturated rings. The third-order valence-corrected chi connectivity index (χ3v) is 3.59. The molecule has 0 heterocycles.